The quantitative estimate of drug-likeness (QED) is 0.313. The Morgan fingerprint density at radius 3 is 2.28 bits per heavy atom. The first kappa shape index (κ1) is 22.1. The van der Waals surface area contributed by atoms with Gasteiger partial charge in [-0.2, -0.15) is 0 Å². The number of aliphatic hydroxyl groups is 3. The summed E-state index contributed by atoms with van der Waals surface area (Å²) in [7, 11) is 0. The van der Waals surface area contributed by atoms with Gasteiger partial charge in [-0.15, -0.1) is 0 Å². The fraction of sp³-hybridized carbons (Fsp3) is 0.381. The topological polar surface area (TPSA) is 186 Å². The Hall–Kier alpha value is -3.09. The summed E-state index contributed by atoms with van der Waals surface area (Å²) < 4.78 is 16.9. The van der Waals surface area contributed by atoms with Crippen molar-refractivity contribution in [2.75, 3.05) is 0 Å². The van der Waals surface area contributed by atoms with E-state index in [2.05, 4.69) is 0 Å². The molecule has 0 bridgehead atoms. The Kier molecular flexibility index (Phi) is 5.61. The van der Waals surface area contributed by atoms with Crippen LogP contribution in [0.5, 0.6) is 28.7 Å². The minimum absolute atomic E-state index is 0.154. The molecule has 11 nitrogen and oxygen atoms in total. The molecule has 0 radical (unpaired) electrons. The lowest BCUT2D eigenvalue weighted by Crippen LogP contribution is -2.59. The Bertz CT molecular complexity index is 1040. The second-order valence-corrected chi connectivity index (χ2v) is 7.73. The van der Waals surface area contributed by atoms with Crippen molar-refractivity contribution >= 4 is 5.78 Å². The van der Waals surface area contributed by atoms with Crippen LogP contribution < -0.4 is 4.74 Å². The van der Waals surface area contributed by atoms with Gasteiger partial charge in [0.2, 0.25) is 5.78 Å². The highest BCUT2D eigenvalue weighted by Crippen LogP contribution is 2.44. The maximum Gasteiger partial charge on any atom is 0.203 e. The lowest BCUT2D eigenvalue weighted by Gasteiger charge is -2.42. The fourth-order valence-corrected chi connectivity index (χ4v) is 3.77. The van der Waals surface area contributed by atoms with Crippen LogP contribution in [0.25, 0.3) is 0 Å². The van der Waals surface area contributed by atoms with E-state index in [1.165, 1.54) is 19.1 Å². The van der Waals surface area contributed by atoms with Gasteiger partial charge in [-0.05, 0) is 24.6 Å². The highest BCUT2D eigenvalue weighted by atomic mass is 16.7. The number of benzene rings is 2. The van der Waals surface area contributed by atoms with Crippen LogP contribution in [0.15, 0.2) is 30.3 Å². The standard InChI is InChI=1S/C21H22O11/c1-7-15(26)17(28)18(29)21(30-7)32-20-16(27)14-12(25)5-9(22)6-13(14)31-19(20)8-2-3-10(23)11(24)4-8/h2-7,15,17-26,28-29H,1H3/t7-,15-,17+,18+,19+,20+,21+/m1/s1. The molecule has 11 heteroatoms. The molecule has 2 aliphatic rings. The third kappa shape index (κ3) is 3.70. The van der Waals surface area contributed by atoms with E-state index in [1.54, 1.807) is 0 Å². The molecule has 0 unspecified atom stereocenters. The summed E-state index contributed by atoms with van der Waals surface area (Å²) in [5.74, 6) is -2.79. The maximum absolute atomic E-state index is 13.3. The van der Waals surface area contributed by atoms with E-state index in [9.17, 15) is 40.5 Å². The highest BCUT2D eigenvalue weighted by molar-refractivity contribution is 6.05. The van der Waals surface area contributed by atoms with Crippen LogP contribution >= 0.6 is 0 Å². The summed E-state index contributed by atoms with van der Waals surface area (Å²) in [4.78, 5) is 13.3. The normalized spacial score (nSPS) is 32.2. The van der Waals surface area contributed by atoms with E-state index < -0.39 is 65.9 Å². The Morgan fingerprint density at radius 2 is 1.59 bits per heavy atom. The first-order valence-corrected chi connectivity index (χ1v) is 9.72. The van der Waals surface area contributed by atoms with Gasteiger partial charge >= 0.3 is 0 Å². The van der Waals surface area contributed by atoms with Crippen molar-refractivity contribution in [1.29, 1.82) is 0 Å². The molecule has 4 rings (SSSR count). The Balaban J connectivity index is 1.75. The van der Waals surface area contributed by atoms with E-state index in [0.29, 0.717) is 0 Å². The number of phenolic OH excluding ortho intramolecular Hbond substituents is 4. The number of rotatable bonds is 3. The van der Waals surface area contributed by atoms with Gasteiger partial charge in [-0.25, -0.2) is 0 Å². The zero-order valence-corrected chi connectivity index (χ0v) is 16.7. The minimum atomic E-state index is -1.71. The van der Waals surface area contributed by atoms with Crippen molar-refractivity contribution in [2.24, 2.45) is 0 Å². The van der Waals surface area contributed by atoms with Crippen molar-refractivity contribution in [2.45, 2.75) is 49.8 Å². The molecule has 0 amide bonds. The molecule has 7 N–H and O–H groups in total. The molecule has 0 spiro atoms. The van der Waals surface area contributed by atoms with Gasteiger partial charge < -0.3 is 50.0 Å². The van der Waals surface area contributed by atoms with Crippen molar-refractivity contribution < 1.29 is 54.8 Å². The lowest BCUT2D eigenvalue weighted by molar-refractivity contribution is -0.304. The number of carbonyl (C=O) groups is 1. The number of Topliss-reactive ketones (excluding diaryl/α,β-unsaturated/α-hetero) is 1. The highest BCUT2D eigenvalue weighted by Gasteiger charge is 2.48. The molecular weight excluding hydrogens is 428 g/mol. The molecule has 7 atom stereocenters. The van der Waals surface area contributed by atoms with Gasteiger partial charge in [0.05, 0.1) is 6.10 Å². The molecule has 32 heavy (non-hydrogen) atoms. The van der Waals surface area contributed by atoms with Gasteiger partial charge in [0.1, 0.15) is 41.1 Å². The van der Waals surface area contributed by atoms with E-state index in [0.717, 1.165) is 18.2 Å². The number of fused-ring (bicyclic) bond motifs is 1. The lowest BCUT2D eigenvalue weighted by atomic mass is 9.92. The van der Waals surface area contributed by atoms with Crippen LogP contribution in [0, 0.1) is 0 Å². The Morgan fingerprint density at radius 1 is 0.875 bits per heavy atom. The zero-order chi connectivity index (χ0) is 23.3. The Labute approximate surface area is 181 Å². The van der Waals surface area contributed by atoms with Crippen LogP contribution in [0.2, 0.25) is 0 Å². The van der Waals surface area contributed by atoms with Crippen molar-refractivity contribution in [3.05, 3.63) is 41.5 Å². The first-order chi connectivity index (χ1) is 15.1. The van der Waals surface area contributed by atoms with E-state index in [-0.39, 0.29) is 22.6 Å². The predicted molar refractivity (Wildman–Crippen MR) is 104 cm³/mol. The number of aromatic hydroxyl groups is 4. The third-order valence-electron chi connectivity index (χ3n) is 5.52. The number of ether oxygens (including phenoxy) is 3. The second kappa shape index (κ2) is 8.11. The average molecular weight is 450 g/mol. The van der Waals surface area contributed by atoms with Gasteiger partial charge in [0.15, 0.2) is 30.0 Å². The van der Waals surface area contributed by atoms with Crippen molar-refractivity contribution in [1.82, 2.24) is 0 Å². The van der Waals surface area contributed by atoms with Gasteiger partial charge in [0, 0.05) is 12.1 Å². The number of phenols is 4. The molecule has 0 aliphatic carbocycles. The minimum Gasteiger partial charge on any atom is -0.508 e. The number of ketones is 1. The first-order valence-electron chi connectivity index (χ1n) is 9.72. The van der Waals surface area contributed by atoms with Crippen molar-refractivity contribution in [3.8, 4) is 28.7 Å². The van der Waals surface area contributed by atoms with Crippen LogP contribution in [0.4, 0.5) is 0 Å². The molecular formula is C21H22O11. The van der Waals surface area contributed by atoms with Crippen LogP contribution in [-0.4, -0.2) is 78.3 Å². The van der Waals surface area contributed by atoms with Crippen LogP contribution in [-0.2, 0) is 9.47 Å². The average Bonchev–Trinajstić information content (AvgIpc) is 2.73. The molecule has 2 aromatic carbocycles. The molecule has 172 valence electrons. The molecule has 2 heterocycles. The SMILES string of the molecule is C[C@H]1O[C@@H](O[C@H]2C(=O)c3c(O)cc(O)cc3O[C@H]2c2ccc(O)c(O)c2)[C@@H](O)[C@@H](O)[C@@H]1O. The molecule has 2 aromatic rings. The van der Waals surface area contributed by atoms with Gasteiger partial charge in [0.25, 0.3) is 0 Å². The predicted octanol–water partition coefficient (Wildman–Crippen LogP) is 0.0381. The maximum atomic E-state index is 13.3. The molecule has 2 aliphatic heterocycles. The number of hydrogen-bond donors (Lipinski definition) is 7. The summed E-state index contributed by atoms with van der Waals surface area (Å²) in [6.45, 7) is 1.44. The summed E-state index contributed by atoms with van der Waals surface area (Å²) in [6.07, 6.45) is -10.0. The van der Waals surface area contributed by atoms with E-state index >= 15 is 0 Å². The fourth-order valence-electron chi connectivity index (χ4n) is 3.77. The number of carbonyl (C=O) groups excluding carboxylic acids is 1. The second-order valence-electron chi connectivity index (χ2n) is 7.73. The zero-order valence-electron chi connectivity index (χ0n) is 16.7. The molecule has 1 saturated heterocycles. The monoisotopic (exact) mass is 450 g/mol. The summed E-state index contributed by atoms with van der Waals surface area (Å²) in [5.41, 5.74) is -0.1000. The van der Waals surface area contributed by atoms with Gasteiger partial charge in [-0.3, -0.25) is 4.79 Å². The molecule has 1 fully saturated rings. The molecule has 0 saturated carbocycles. The summed E-state index contributed by atoms with van der Waals surface area (Å²) in [5, 5.41) is 69.7. The van der Waals surface area contributed by atoms with E-state index in [1.807, 2.05) is 0 Å². The van der Waals surface area contributed by atoms with Crippen LogP contribution in [0.1, 0.15) is 28.9 Å². The number of aliphatic hydroxyl groups excluding tert-OH is 3. The van der Waals surface area contributed by atoms with Crippen LogP contribution in [0.3, 0.4) is 0 Å². The summed E-state index contributed by atoms with van der Waals surface area (Å²) >= 11 is 0. The molecule has 0 aromatic heterocycles. The summed E-state index contributed by atoms with van der Waals surface area (Å²) in [6, 6.07) is 5.72. The van der Waals surface area contributed by atoms with Crippen molar-refractivity contribution in [3.63, 3.8) is 0 Å². The number of hydrogen-bond acceptors (Lipinski definition) is 11. The third-order valence-corrected chi connectivity index (χ3v) is 5.52. The smallest absolute Gasteiger partial charge is 0.203 e. The largest absolute Gasteiger partial charge is 0.508 e. The van der Waals surface area contributed by atoms with E-state index in [4.69, 9.17) is 14.2 Å². The van der Waals surface area contributed by atoms with Gasteiger partial charge in [-0.1, -0.05) is 6.07 Å².